The third kappa shape index (κ3) is 3.74. The molecule has 10 nitrogen and oxygen atoms in total. The minimum Gasteiger partial charge on any atom is -0.462 e. The molecule has 1 saturated heterocycles. The Labute approximate surface area is 151 Å². The molecule has 0 aliphatic carbocycles. The molecule has 2 heterocycles. The monoisotopic (exact) mass is 366 g/mol. The molecule has 2 amide bonds. The molecular formula is C16H24N5O5+. The number of hydrogen-bond acceptors (Lipinski definition) is 7. The summed E-state index contributed by atoms with van der Waals surface area (Å²) in [6.07, 6.45) is 1.95. The van der Waals surface area contributed by atoms with Gasteiger partial charge < -0.3 is 20.1 Å². The first-order valence-electron chi connectivity index (χ1n) is 8.18. The summed E-state index contributed by atoms with van der Waals surface area (Å²) < 4.78 is 4.30. The number of piperazine rings is 1. The van der Waals surface area contributed by atoms with Crippen LogP contribution in [0.15, 0.2) is 12.4 Å². The first kappa shape index (κ1) is 19.6. The molecule has 10 heteroatoms. The zero-order valence-electron chi connectivity index (χ0n) is 15.4. The van der Waals surface area contributed by atoms with Gasteiger partial charge in [-0.1, -0.05) is 0 Å². The molecule has 0 bridgehead atoms. The van der Waals surface area contributed by atoms with Gasteiger partial charge in [0.2, 0.25) is 5.95 Å². The Hall–Kier alpha value is -2.75. The van der Waals surface area contributed by atoms with Gasteiger partial charge in [0.15, 0.2) is 0 Å². The molecule has 0 spiro atoms. The maximum Gasteiger partial charge on any atom is 0.514 e. The van der Waals surface area contributed by atoms with Crippen LogP contribution >= 0.6 is 0 Å². The fraction of sp³-hybridized carbons (Fsp3) is 0.562. The van der Waals surface area contributed by atoms with Crippen molar-refractivity contribution in [3.8, 4) is 0 Å². The van der Waals surface area contributed by atoms with Gasteiger partial charge >= 0.3 is 18.0 Å². The number of quaternary nitrogens is 1. The van der Waals surface area contributed by atoms with Gasteiger partial charge in [0.25, 0.3) is 0 Å². The van der Waals surface area contributed by atoms with Crippen molar-refractivity contribution in [1.82, 2.24) is 9.97 Å². The van der Waals surface area contributed by atoms with E-state index in [1.165, 1.54) is 12.4 Å². The lowest BCUT2D eigenvalue weighted by Gasteiger charge is -2.48. The zero-order valence-corrected chi connectivity index (χ0v) is 15.4. The summed E-state index contributed by atoms with van der Waals surface area (Å²) in [6, 6.07) is 0. The van der Waals surface area contributed by atoms with E-state index in [9.17, 15) is 19.5 Å². The van der Waals surface area contributed by atoms with E-state index in [4.69, 9.17) is 0 Å². The van der Waals surface area contributed by atoms with Crippen molar-refractivity contribution >= 4 is 29.6 Å². The summed E-state index contributed by atoms with van der Waals surface area (Å²) in [4.78, 5) is 44.7. The Balaban J connectivity index is 2.05. The van der Waals surface area contributed by atoms with Crippen molar-refractivity contribution in [3.63, 3.8) is 0 Å². The van der Waals surface area contributed by atoms with Crippen LogP contribution in [-0.4, -0.2) is 76.4 Å². The van der Waals surface area contributed by atoms with Crippen molar-refractivity contribution in [3.05, 3.63) is 12.4 Å². The highest BCUT2D eigenvalue weighted by Gasteiger charge is 2.50. The summed E-state index contributed by atoms with van der Waals surface area (Å²) in [7, 11) is 1.12. The van der Waals surface area contributed by atoms with E-state index in [2.05, 4.69) is 20.0 Å². The predicted octanol–water partition coefficient (Wildman–Crippen LogP) is 0.701. The number of carboxylic acid groups (broad SMARTS) is 1. The third-order valence-electron chi connectivity index (χ3n) is 4.70. The second-order valence-electron chi connectivity index (χ2n) is 7.07. The first-order valence-corrected chi connectivity index (χ1v) is 8.18. The first-order chi connectivity index (χ1) is 12.1. The number of aromatic nitrogens is 2. The Bertz CT molecular complexity index is 690. The Morgan fingerprint density at radius 1 is 1.19 bits per heavy atom. The molecule has 1 aliphatic heterocycles. The predicted molar refractivity (Wildman–Crippen MR) is 92.7 cm³/mol. The SMILES string of the molecule is COC(=O)C(=O)Nc1cnc(N2CC[N+](C(=O)O)(C(C)(C)C)CC2)nc1. The molecule has 0 aromatic carbocycles. The maximum atomic E-state index is 11.8. The Morgan fingerprint density at radius 3 is 2.15 bits per heavy atom. The van der Waals surface area contributed by atoms with Crippen molar-refractivity contribution < 1.29 is 28.7 Å². The maximum absolute atomic E-state index is 11.8. The molecule has 1 fully saturated rings. The molecular weight excluding hydrogens is 342 g/mol. The molecule has 1 aromatic rings. The summed E-state index contributed by atoms with van der Waals surface area (Å²) >= 11 is 0. The third-order valence-corrected chi connectivity index (χ3v) is 4.70. The molecule has 142 valence electrons. The number of nitrogens with one attached hydrogen (secondary N) is 1. The van der Waals surface area contributed by atoms with Gasteiger partial charge in [0.1, 0.15) is 18.6 Å². The summed E-state index contributed by atoms with van der Waals surface area (Å²) in [6.45, 7) is 7.63. The van der Waals surface area contributed by atoms with E-state index >= 15 is 0 Å². The highest BCUT2D eigenvalue weighted by atomic mass is 16.5. The largest absolute Gasteiger partial charge is 0.514 e. The van der Waals surface area contributed by atoms with Gasteiger partial charge in [-0.3, -0.25) is 4.79 Å². The fourth-order valence-corrected chi connectivity index (χ4v) is 2.98. The minimum atomic E-state index is -1.00. The number of methoxy groups -OCH3 is 1. The quantitative estimate of drug-likeness (QED) is 0.446. The van der Waals surface area contributed by atoms with Gasteiger partial charge in [-0.2, -0.15) is 4.79 Å². The van der Waals surface area contributed by atoms with Crippen molar-refractivity contribution in [1.29, 1.82) is 0 Å². The van der Waals surface area contributed by atoms with E-state index in [-0.39, 0.29) is 10.2 Å². The highest BCUT2D eigenvalue weighted by molar-refractivity contribution is 6.37. The van der Waals surface area contributed by atoms with Gasteiger partial charge in [-0.25, -0.2) is 19.2 Å². The van der Waals surface area contributed by atoms with Crippen LogP contribution < -0.4 is 10.2 Å². The van der Waals surface area contributed by atoms with Crippen LogP contribution in [0.25, 0.3) is 0 Å². The van der Waals surface area contributed by atoms with Gasteiger partial charge in [0.05, 0.1) is 38.3 Å². The molecule has 0 atom stereocenters. The number of amides is 2. The lowest BCUT2D eigenvalue weighted by atomic mass is 10.00. The number of esters is 1. The van der Waals surface area contributed by atoms with Crippen molar-refractivity contribution in [2.45, 2.75) is 26.3 Å². The minimum absolute atomic E-state index is 0.0171. The van der Waals surface area contributed by atoms with E-state index in [1.807, 2.05) is 25.7 Å². The van der Waals surface area contributed by atoms with Crippen LogP contribution in [0.2, 0.25) is 0 Å². The molecule has 2 N–H and O–H groups in total. The number of carbonyl (C=O) groups excluding carboxylic acids is 2. The molecule has 1 aromatic heterocycles. The lowest BCUT2D eigenvalue weighted by molar-refractivity contribution is -0.904. The molecule has 0 radical (unpaired) electrons. The van der Waals surface area contributed by atoms with Crippen LogP contribution in [0.3, 0.4) is 0 Å². The van der Waals surface area contributed by atoms with Crippen molar-refractivity contribution in [2.75, 3.05) is 43.5 Å². The summed E-state index contributed by atoms with van der Waals surface area (Å²) in [5.41, 5.74) is -0.146. The van der Waals surface area contributed by atoms with Crippen LogP contribution in [0.1, 0.15) is 20.8 Å². The summed E-state index contributed by atoms with van der Waals surface area (Å²) in [5, 5.41) is 12.0. The normalized spacial score (nSPS) is 16.7. The number of nitrogens with zero attached hydrogens (tertiary/aromatic N) is 4. The number of ether oxygens (including phenoxy) is 1. The number of carbonyl (C=O) groups is 3. The van der Waals surface area contributed by atoms with E-state index in [0.29, 0.717) is 32.1 Å². The molecule has 26 heavy (non-hydrogen) atoms. The average molecular weight is 366 g/mol. The topological polar surface area (TPSA) is 122 Å². The number of hydrogen-bond donors (Lipinski definition) is 2. The molecule has 1 aliphatic rings. The van der Waals surface area contributed by atoms with Crippen LogP contribution in [0.4, 0.5) is 16.4 Å². The average Bonchev–Trinajstić information content (AvgIpc) is 2.60. The van der Waals surface area contributed by atoms with Crippen LogP contribution in [0, 0.1) is 0 Å². The van der Waals surface area contributed by atoms with Gasteiger partial charge in [-0.15, -0.1) is 0 Å². The lowest BCUT2D eigenvalue weighted by Crippen LogP contribution is -2.70. The standard InChI is InChI=1S/C16H23N5O5/c1-16(2,3)21(15(24)25)7-5-20(6-8-21)14-17-9-11(10-18-14)19-12(22)13(23)26-4/h9-10H,5-8H2,1-4H3,(H-,19,22,24,25)/p+1. The van der Waals surface area contributed by atoms with Gasteiger partial charge in [0, 0.05) is 0 Å². The van der Waals surface area contributed by atoms with E-state index in [0.717, 1.165) is 7.11 Å². The van der Waals surface area contributed by atoms with E-state index < -0.39 is 23.5 Å². The van der Waals surface area contributed by atoms with Crippen LogP contribution in [-0.2, 0) is 14.3 Å². The number of rotatable bonds is 2. The molecule has 0 saturated carbocycles. The molecule has 2 rings (SSSR count). The zero-order chi connectivity index (χ0) is 19.5. The second-order valence-corrected chi connectivity index (χ2v) is 7.07. The molecule has 0 unspecified atom stereocenters. The Kier molecular flexibility index (Phi) is 5.45. The van der Waals surface area contributed by atoms with E-state index in [1.54, 1.807) is 0 Å². The van der Waals surface area contributed by atoms with Crippen LogP contribution in [0.5, 0.6) is 0 Å². The summed E-state index contributed by atoms with van der Waals surface area (Å²) in [5.74, 6) is -1.47. The second kappa shape index (κ2) is 7.24. The smallest absolute Gasteiger partial charge is 0.462 e. The van der Waals surface area contributed by atoms with Gasteiger partial charge in [-0.05, 0) is 20.8 Å². The van der Waals surface area contributed by atoms with Crippen molar-refractivity contribution in [2.24, 2.45) is 0 Å². The Morgan fingerprint density at radius 2 is 1.73 bits per heavy atom. The highest BCUT2D eigenvalue weighted by Crippen LogP contribution is 2.28. The number of anilines is 2. The fourth-order valence-electron chi connectivity index (χ4n) is 2.98.